The van der Waals surface area contributed by atoms with Crippen molar-refractivity contribution in [1.82, 2.24) is 10.5 Å². The molecule has 0 saturated carbocycles. The molecule has 0 aliphatic rings. The van der Waals surface area contributed by atoms with Gasteiger partial charge in [0.25, 0.3) is 5.91 Å². The summed E-state index contributed by atoms with van der Waals surface area (Å²) in [5, 5.41) is 8.72. The van der Waals surface area contributed by atoms with Crippen LogP contribution in [0.1, 0.15) is 16.1 Å². The van der Waals surface area contributed by atoms with E-state index in [2.05, 4.69) is 30.1 Å². The second-order valence-electron chi connectivity index (χ2n) is 5.10. The molecule has 0 atom stereocenters. The molecule has 0 aliphatic carbocycles. The van der Waals surface area contributed by atoms with E-state index in [4.69, 9.17) is 5.21 Å². The third kappa shape index (κ3) is 2.52. The van der Waals surface area contributed by atoms with Crippen molar-refractivity contribution in [2.75, 3.05) is 0 Å². The monoisotopic (exact) mass is 292 g/mol. The van der Waals surface area contributed by atoms with Gasteiger partial charge < -0.3 is 4.98 Å². The van der Waals surface area contributed by atoms with E-state index < -0.39 is 5.91 Å². The Bertz CT molecular complexity index is 821. The first-order valence-corrected chi connectivity index (χ1v) is 6.99. The first kappa shape index (κ1) is 14.1. The Labute approximate surface area is 128 Å². The van der Waals surface area contributed by atoms with Gasteiger partial charge in [0.1, 0.15) is 5.69 Å². The Morgan fingerprint density at radius 3 is 2.32 bits per heavy atom. The summed E-state index contributed by atoms with van der Waals surface area (Å²) in [6, 6.07) is 18.0. The Balaban J connectivity index is 2.11. The average molecular weight is 292 g/mol. The summed E-state index contributed by atoms with van der Waals surface area (Å²) in [7, 11) is 0. The molecular weight excluding hydrogens is 276 g/mol. The number of H-pyrrole nitrogens is 1. The van der Waals surface area contributed by atoms with Crippen molar-refractivity contribution >= 4 is 5.91 Å². The predicted octanol–water partition coefficient (Wildman–Crippen LogP) is 3.78. The molecule has 0 bridgehead atoms. The molecule has 0 unspecified atom stereocenters. The van der Waals surface area contributed by atoms with E-state index in [-0.39, 0.29) is 0 Å². The topological polar surface area (TPSA) is 65.1 Å². The Kier molecular flexibility index (Phi) is 3.76. The van der Waals surface area contributed by atoms with E-state index >= 15 is 0 Å². The maximum absolute atomic E-state index is 11.5. The normalized spacial score (nSPS) is 10.5. The van der Waals surface area contributed by atoms with Crippen molar-refractivity contribution < 1.29 is 10.0 Å². The summed E-state index contributed by atoms with van der Waals surface area (Å²) >= 11 is 0. The van der Waals surface area contributed by atoms with Crippen molar-refractivity contribution in [2.45, 2.75) is 6.92 Å². The second kappa shape index (κ2) is 5.87. The number of rotatable bonds is 3. The first-order valence-electron chi connectivity index (χ1n) is 6.99. The van der Waals surface area contributed by atoms with Crippen LogP contribution in [0, 0.1) is 6.92 Å². The number of aromatic amines is 1. The minimum atomic E-state index is -0.556. The van der Waals surface area contributed by atoms with E-state index in [9.17, 15) is 4.79 Å². The van der Waals surface area contributed by atoms with E-state index in [1.807, 2.05) is 30.3 Å². The fourth-order valence-corrected chi connectivity index (χ4v) is 2.59. The Hall–Kier alpha value is -2.85. The van der Waals surface area contributed by atoms with Gasteiger partial charge in [-0.25, -0.2) is 5.48 Å². The second-order valence-corrected chi connectivity index (χ2v) is 5.10. The van der Waals surface area contributed by atoms with E-state index in [1.165, 1.54) is 5.56 Å². The highest BCUT2D eigenvalue weighted by molar-refractivity contribution is 5.94. The number of carbonyl (C=O) groups excluding carboxylic acids is 1. The molecule has 4 heteroatoms. The van der Waals surface area contributed by atoms with Crippen LogP contribution >= 0.6 is 0 Å². The number of aryl methyl sites for hydroxylation is 1. The van der Waals surface area contributed by atoms with E-state index in [0.717, 1.165) is 22.3 Å². The van der Waals surface area contributed by atoms with Crippen molar-refractivity contribution in [1.29, 1.82) is 0 Å². The SMILES string of the molecule is Cc1ccccc1-c1ccccc1-c1c[nH]c(C(=O)NO)c1. The van der Waals surface area contributed by atoms with E-state index in [1.54, 1.807) is 17.7 Å². The summed E-state index contributed by atoms with van der Waals surface area (Å²) in [5.41, 5.74) is 7.34. The summed E-state index contributed by atoms with van der Waals surface area (Å²) in [6.07, 6.45) is 1.77. The highest BCUT2D eigenvalue weighted by atomic mass is 16.5. The van der Waals surface area contributed by atoms with Crippen LogP contribution in [0.25, 0.3) is 22.3 Å². The van der Waals surface area contributed by atoms with Crippen LogP contribution < -0.4 is 5.48 Å². The van der Waals surface area contributed by atoms with Gasteiger partial charge in [-0.1, -0.05) is 48.5 Å². The quantitative estimate of drug-likeness (QED) is 0.508. The molecule has 0 radical (unpaired) electrons. The Morgan fingerprint density at radius 1 is 1.00 bits per heavy atom. The maximum atomic E-state index is 11.5. The number of nitrogens with one attached hydrogen (secondary N) is 2. The Morgan fingerprint density at radius 2 is 1.64 bits per heavy atom. The number of hydrogen-bond acceptors (Lipinski definition) is 2. The van der Waals surface area contributed by atoms with E-state index in [0.29, 0.717) is 5.69 Å². The predicted molar refractivity (Wildman–Crippen MR) is 85.7 cm³/mol. The molecule has 3 rings (SSSR count). The van der Waals surface area contributed by atoms with Crippen molar-refractivity contribution in [3.05, 3.63) is 72.1 Å². The fourth-order valence-electron chi connectivity index (χ4n) is 2.59. The molecule has 0 spiro atoms. The number of hydrogen-bond donors (Lipinski definition) is 3. The summed E-state index contributed by atoms with van der Waals surface area (Å²) in [5.74, 6) is -0.556. The van der Waals surface area contributed by atoms with Crippen molar-refractivity contribution in [2.24, 2.45) is 0 Å². The van der Waals surface area contributed by atoms with Gasteiger partial charge in [-0.05, 0) is 35.2 Å². The van der Waals surface area contributed by atoms with Crippen LogP contribution in [0.2, 0.25) is 0 Å². The van der Waals surface area contributed by atoms with Gasteiger partial charge in [-0.2, -0.15) is 0 Å². The zero-order valence-corrected chi connectivity index (χ0v) is 12.1. The van der Waals surface area contributed by atoms with Crippen molar-refractivity contribution in [3.63, 3.8) is 0 Å². The van der Waals surface area contributed by atoms with Crippen LogP contribution in [0.15, 0.2) is 60.8 Å². The maximum Gasteiger partial charge on any atom is 0.291 e. The lowest BCUT2D eigenvalue weighted by molar-refractivity contribution is 0.0701. The fraction of sp³-hybridized carbons (Fsp3) is 0.0556. The molecule has 1 aromatic heterocycles. The van der Waals surface area contributed by atoms with Crippen LogP contribution in [0.4, 0.5) is 0 Å². The number of amides is 1. The van der Waals surface area contributed by atoms with Gasteiger partial charge in [-0.3, -0.25) is 10.0 Å². The lowest BCUT2D eigenvalue weighted by Gasteiger charge is -2.11. The van der Waals surface area contributed by atoms with Crippen LogP contribution in [0.3, 0.4) is 0 Å². The van der Waals surface area contributed by atoms with Crippen LogP contribution in [-0.2, 0) is 0 Å². The minimum absolute atomic E-state index is 0.317. The molecule has 1 heterocycles. The molecule has 4 nitrogen and oxygen atoms in total. The molecular formula is C18H16N2O2. The van der Waals surface area contributed by atoms with Gasteiger partial charge in [-0.15, -0.1) is 0 Å². The molecule has 3 N–H and O–H groups in total. The lowest BCUT2D eigenvalue weighted by Crippen LogP contribution is -2.18. The zero-order valence-electron chi connectivity index (χ0n) is 12.1. The smallest absolute Gasteiger partial charge is 0.291 e. The summed E-state index contributed by atoms with van der Waals surface area (Å²) in [4.78, 5) is 14.4. The number of hydroxylamine groups is 1. The summed E-state index contributed by atoms with van der Waals surface area (Å²) in [6.45, 7) is 2.08. The molecule has 3 aromatic rings. The highest BCUT2D eigenvalue weighted by Crippen LogP contribution is 2.33. The standard InChI is InChI=1S/C18H16N2O2/c1-12-6-2-3-7-14(12)16-9-5-4-8-15(16)13-10-17(19-11-13)18(21)20-22/h2-11,19,22H,1H3,(H,20,21). The van der Waals surface area contributed by atoms with Crippen LogP contribution in [0.5, 0.6) is 0 Å². The minimum Gasteiger partial charge on any atom is -0.357 e. The van der Waals surface area contributed by atoms with Gasteiger partial charge in [0.15, 0.2) is 0 Å². The molecule has 0 aliphatic heterocycles. The first-order chi connectivity index (χ1) is 10.7. The lowest BCUT2D eigenvalue weighted by atomic mass is 9.93. The number of benzene rings is 2. The van der Waals surface area contributed by atoms with Gasteiger partial charge >= 0.3 is 0 Å². The molecule has 0 fully saturated rings. The van der Waals surface area contributed by atoms with Crippen molar-refractivity contribution in [3.8, 4) is 22.3 Å². The zero-order chi connectivity index (χ0) is 15.5. The van der Waals surface area contributed by atoms with Crippen LogP contribution in [-0.4, -0.2) is 16.1 Å². The molecule has 110 valence electrons. The number of carbonyl (C=O) groups is 1. The third-order valence-corrected chi connectivity index (χ3v) is 3.70. The largest absolute Gasteiger partial charge is 0.357 e. The molecule has 2 aromatic carbocycles. The van der Waals surface area contributed by atoms with Gasteiger partial charge in [0, 0.05) is 11.8 Å². The number of aromatic nitrogens is 1. The highest BCUT2D eigenvalue weighted by Gasteiger charge is 2.12. The molecule has 22 heavy (non-hydrogen) atoms. The van der Waals surface area contributed by atoms with Gasteiger partial charge in [0.05, 0.1) is 0 Å². The summed E-state index contributed by atoms with van der Waals surface area (Å²) < 4.78 is 0. The third-order valence-electron chi connectivity index (χ3n) is 3.70. The molecule has 0 saturated heterocycles. The van der Waals surface area contributed by atoms with Gasteiger partial charge in [0.2, 0.25) is 0 Å². The average Bonchev–Trinajstić information content (AvgIpc) is 3.04. The molecule has 1 amide bonds.